The van der Waals surface area contributed by atoms with E-state index in [-0.39, 0.29) is 35.6 Å². The molecule has 12 aromatic rings. The molecule has 12 heterocycles. The highest BCUT2D eigenvalue weighted by molar-refractivity contribution is 6.31. The summed E-state index contributed by atoms with van der Waals surface area (Å²) in [6.07, 6.45) is 33.6. The molecule has 31 heteroatoms. The minimum Gasteiger partial charge on any atom is -0.382 e. The number of H-pyrrole nitrogens is 6. The number of pyridine rings is 3. The van der Waals surface area contributed by atoms with Crippen LogP contribution >= 0.6 is 34.8 Å². The first-order chi connectivity index (χ1) is 58.2. The van der Waals surface area contributed by atoms with Gasteiger partial charge in [0.25, 0.3) is 16.7 Å². The summed E-state index contributed by atoms with van der Waals surface area (Å²) in [5.41, 5.74) is 15.9. The molecule has 636 valence electrons. The van der Waals surface area contributed by atoms with Crippen LogP contribution in [0.4, 0.5) is 25.8 Å². The Morgan fingerprint density at radius 1 is 0.425 bits per heavy atom. The largest absolute Gasteiger partial charge is 0.382 e. The third-order valence-electron chi connectivity index (χ3n) is 26.0. The fraction of sp³-hybridized carbons (Fsp3) is 0.494. The highest BCUT2D eigenvalue weighted by Gasteiger charge is 2.39. The molecular formula is C89H110Cl3F2N21O5. The van der Waals surface area contributed by atoms with Gasteiger partial charge in [-0.3, -0.25) is 28.4 Å². The highest BCUT2D eigenvalue weighted by atomic mass is 35.5. The van der Waals surface area contributed by atoms with Gasteiger partial charge in [0.05, 0.1) is 116 Å². The zero-order chi connectivity index (χ0) is 83.1. The number of fused-ring (bicyclic) bond motifs is 3. The van der Waals surface area contributed by atoms with Gasteiger partial charge >= 0.3 is 0 Å². The normalized spacial score (nSPS) is 20.1. The molecule has 26 nitrogen and oxygen atoms in total. The van der Waals surface area contributed by atoms with E-state index in [4.69, 9.17) is 59.2 Å². The molecule has 9 aromatic heterocycles. The number of hydrogen-bond donors (Lipinski definition) is 9. The van der Waals surface area contributed by atoms with Crippen molar-refractivity contribution in [3.8, 4) is 34.2 Å². The first-order valence-corrected chi connectivity index (χ1v) is 43.9. The maximum absolute atomic E-state index is 13.6. The molecule has 0 radical (unpaired) electrons. The van der Waals surface area contributed by atoms with Crippen molar-refractivity contribution >= 4 is 85.0 Å². The van der Waals surface area contributed by atoms with Crippen LogP contribution in [0, 0.1) is 20.8 Å². The number of imidazole rings is 3. The van der Waals surface area contributed by atoms with E-state index in [1.807, 2.05) is 32.4 Å². The minimum atomic E-state index is -2.48. The van der Waals surface area contributed by atoms with Crippen LogP contribution in [0.1, 0.15) is 167 Å². The van der Waals surface area contributed by atoms with Crippen molar-refractivity contribution in [3.05, 3.63) is 190 Å². The van der Waals surface area contributed by atoms with E-state index < -0.39 is 5.92 Å². The Labute approximate surface area is 711 Å². The molecule has 120 heavy (non-hydrogen) atoms. The average molecular weight is 1700 g/mol. The molecule has 6 aliphatic rings. The molecule has 0 unspecified atom stereocenters. The van der Waals surface area contributed by atoms with Crippen molar-refractivity contribution in [3.63, 3.8) is 0 Å². The molecule has 3 aliphatic carbocycles. The van der Waals surface area contributed by atoms with E-state index in [9.17, 15) is 23.2 Å². The van der Waals surface area contributed by atoms with Gasteiger partial charge in [-0.05, 0) is 250 Å². The molecule has 3 aromatic carbocycles. The third kappa shape index (κ3) is 19.8. The van der Waals surface area contributed by atoms with Crippen molar-refractivity contribution in [2.24, 2.45) is 0 Å². The molecule has 9 N–H and O–H groups in total. The second kappa shape index (κ2) is 37.9. The lowest BCUT2D eigenvalue weighted by Gasteiger charge is -2.41. The van der Waals surface area contributed by atoms with Crippen LogP contribution in [0.3, 0.4) is 0 Å². The Kier molecular flexibility index (Phi) is 26.5. The molecule has 0 atom stereocenters. The zero-order valence-corrected chi connectivity index (χ0v) is 71.3. The standard InChI is InChI=1S/2C30H38ClN7O2.C29H34ClF2N7O/c2*1-19-15-21(20-8-12-37(13-9-20)23-3-5-24(40-2)6-4-23)16-26-28(19)36-29(35-26)27-25(7-10-33-30(27)39)32-11-14-38-18-22(31)17-34-38;1-18-14-20(19-5-11-38(12-6-19)22-2-7-29(31,32)8-3-22)15-24-26(18)37-27(36-24)25-23(4-9-34-28(25)40)33-10-13-39-17-21(30)16-35-39/h2*7,10,15-18,20,23-24H,3-6,8-9,11-14H2,1-2H3,(H,35,36)(H2,32,33,39);4,9,14-17,19,22H,2-3,5-8,10-13H2,1H3,(H,36,37)(H2,33,34,40). The van der Waals surface area contributed by atoms with Crippen LogP contribution in [0.5, 0.6) is 0 Å². The summed E-state index contributed by atoms with van der Waals surface area (Å²) in [6, 6.07) is 20.7. The molecule has 0 bridgehead atoms. The first-order valence-electron chi connectivity index (χ1n) is 42.8. The number of nitrogens with zero attached hydrogens (tertiary/aromatic N) is 12. The molecule has 3 saturated carbocycles. The van der Waals surface area contributed by atoms with Crippen molar-refractivity contribution in [1.29, 1.82) is 0 Å². The van der Waals surface area contributed by atoms with E-state index >= 15 is 0 Å². The number of benzene rings is 3. The third-order valence-corrected chi connectivity index (χ3v) is 26.5. The Bertz CT molecular complexity index is 5430. The second-order valence-corrected chi connectivity index (χ2v) is 34.9. The summed E-state index contributed by atoms with van der Waals surface area (Å²) in [5.74, 6) is 0.659. The Morgan fingerprint density at radius 3 is 0.992 bits per heavy atom. The molecule has 18 rings (SSSR count). The lowest BCUT2D eigenvalue weighted by atomic mass is 9.85. The monoisotopic (exact) mass is 1700 g/mol. The van der Waals surface area contributed by atoms with Gasteiger partial charge in [-0.25, -0.2) is 23.7 Å². The predicted molar refractivity (Wildman–Crippen MR) is 472 cm³/mol. The highest BCUT2D eigenvalue weighted by Crippen LogP contribution is 2.42. The number of anilines is 3. The number of aromatic nitrogens is 15. The maximum Gasteiger partial charge on any atom is 0.261 e. The lowest BCUT2D eigenvalue weighted by Crippen LogP contribution is -2.44. The van der Waals surface area contributed by atoms with Gasteiger partial charge in [0.2, 0.25) is 5.92 Å². The number of nitrogens with one attached hydrogen (secondary N) is 9. The topological polar surface area (TPSA) is 302 Å². The van der Waals surface area contributed by atoms with Gasteiger partial charge in [0, 0.05) is 102 Å². The fourth-order valence-corrected chi connectivity index (χ4v) is 19.8. The van der Waals surface area contributed by atoms with Gasteiger partial charge in [-0.1, -0.05) is 53.0 Å². The smallest absolute Gasteiger partial charge is 0.261 e. The second-order valence-electron chi connectivity index (χ2n) is 33.6. The number of ether oxygens (including phenoxy) is 2. The quantitative estimate of drug-likeness (QED) is 0.0287. The SMILES string of the molecule is COC1CCC(N2CCC(c3cc(C)c4nc(-c5c(NCCn6cc(Cl)cn6)cc[nH]c5=O)[nH]c4c3)CC2)CC1.COC1CCC(N2CCC(c3cc(C)c4nc(-c5c(NCCn6cc(Cl)cn6)cc[nH]c5=O)[nH]c4c3)CC2)CC1.Cc1cc(C2CCN(C3CCC(F)(F)CC3)CC2)cc2[nH]c(-c3c(NCCn4cc(Cl)cn4)cc[nH]c3=O)nc12. The minimum absolute atomic E-state index is 0.0102. The first kappa shape index (κ1) is 84.1. The van der Waals surface area contributed by atoms with Gasteiger partial charge < -0.3 is 70.0 Å². The number of halogens is 5. The number of aromatic amines is 6. The van der Waals surface area contributed by atoms with E-state index in [2.05, 4.69) is 133 Å². The van der Waals surface area contributed by atoms with Crippen LogP contribution in [0.15, 0.2) is 125 Å². The lowest BCUT2D eigenvalue weighted by molar-refractivity contribution is -0.0558. The predicted octanol–water partition coefficient (Wildman–Crippen LogP) is 16.6. The van der Waals surface area contributed by atoms with Gasteiger partial charge in [-0.2, -0.15) is 15.3 Å². The van der Waals surface area contributed by atoms with E-state index in [0.29, 0.717) is 149 Å². The number of aryl methyl sites for hydroxylation is 3. The maximum atomic E-state index is 13.6. The summed E-state index contributed by atoms with van der Waals surface area (Å²) >= 11 is 17.9. The Hall–Kier alpha value is -9.52. The van der Waals surface area contributed by atoms with Crippen LogP contribution in [0.2, 0.25) is 15.1 Å². The number of methoxy groups -OCH3 is 2. The summed E-state index contributed by atoms with van der Waals surface area (Å²) in [7, 11) is 3.68. The number of piperidine rings is 3. The Balaban J connectivity index is 0.000000134. The summed E-state index contributed by atoms with van der Waals surface area (Å²) in [5, 5.41) is 24.5. The summed E-state index contributed by atoms with van der Waals surface area (Å²) in [4.78, 5) is 79.9. The van der Waals surface area contributed by atoms with Crippen LogP contribution in [-0.2, 0) is 29.1 Å². The van der Waals surface area contributed by atoms with Crippen molar-refractivity contribution < 1.29 is 18.3 Å². The van der Waals surface area contributed by atoms with Crippen molar-refractivity contribution in [2.75, 3.05) is 89.1 Å². The van der Waals surface area contributed by atoms with Crippen LogP contribution in [0.25, 0.3) is 67.3 Å². The molecular weight excluding hydrogens is 1590 g/mol. The molecule has 6 fully saturated rings. The van der Waals surface area contributed by atoms with Gasteiger partial charge in [-0.15, -0.1) is 0 Å². The van der Waals surface area contributed by atoms with Gasteiger partial charge in [0.1, 0.15) is 34.2 Å². The van der Waals surface area contributed by atoms with Crippen LogP contribution < -0.4 is 32.6 Å². The van der Waals surface area contributed by atoms with Gasteiger partial charge in [0.15, 0.2) is 0 Å². The molecule has 0 spiro atoms. The Morgan fingerprint density at radius 2 is 0.717 bits per heavy atom. The summed E-state index contributed by atoms with van der Waals surface area (Å²) < 4.78 is 43.6. The number of likely N-dealkylation sites (tertiary alicyclic amines) is 3. The zero-order valence-electron chi connectivity index (χ0n) is 69.0. The molecule has 3 aliphatic heterocycles. The molecule has 0 amide bonds. The fourth-order valence-electron chi connectivity index (χ4n) is 19.4. The number of alkyl halides is 2. The van der Waals surface area contributed by atoms with Crippen LogP contribution in [-0.4, -0.2) is 198 Å². The average Bonchev–Trinajstić information content (AvgIpc) is 1.66. The summed E-state index contributed by atoms with van der Waals surface area (Å²) in [6.45, 7) is 16.3. The van der Waals surface area contributed by atoms with Crippen molar-refractivity contribution in [2.45, 2.75) is 210 Å². The van der Waals surface area contributed by atoms with E-state index in [1.165, 1.54) is 93.7 Å². The van der Waals surface area contributed by atoms with Crippen molar-refractivity contribution in [1.82, 2.24) is 88.9 Å². The number of hydrogen-bond acceptors (Lipinski definition) is 17. The number of rotatable bonds is 23. The van der Waals surface area contributed by atoms with E-state index in [0.717, 1.165) is 113 Å². The molecule has 3 saturated heterocycles. The van der Waals surface area contributed by atoms with E-state index in [1.54, 1.807) is 69.8 Å².